The monoisotopic (exact) mass is 381 g/mol. The van der Waals surface area contributed by atoms with E-state index in [1.54, 1.807) is 6.07 Å². The smallest absolute Gasteiger partial charge is 0.316 e. The zero-order valence-electron chi connectivity index (χ0n) is 16.0. The summed E-state index contributed by atoms with van der Waals surface area (Å²) in [4.78, 5) is 29.0. The third-order valence-electron chi connectivity index (χ3n) is 5.78. The van der Waals surface area contributed by atoms with Gasteiger partial charge in [-0.3, -0.25) is 9.59 Å². The molecule has 5 nitrogen and oxygen atoms in total. The second kappa shape index (κ2) is 7.62. The summed E-state index contributed by atoms with van der Waals surface area (Å²) in [6, 6.07) is 12.3. The first-order chi connectivity index (χ1) is 13.5. The Balaban J connectivity index is 1.51. The van der Waals surface area contributed by atoms with Gasteiger partial charge in [0.05, 0.1) is 11.4 Å². The lowest BCUT2D eigenvalue weighted by molar-refractivity contribution is -0.134. The molecule has 0 atom stereocenters. The van der Waals surface area contributed by atoms with Crippen LogP contribution in [0.2, 0.25) is 0 Å². The number of halogens is 1. The Kier molecular flexibility index (Phi) is 5.03. The van der Waals surface area contributed by atoms with Gasteiger partial charge >= 0.3 is 11.8 Å². The molecule has 0 bridgehead atoms. The fourth-order valence-corrected chi connectivity index (χ4v) is 4.25. The minimum atomic E-state index is -0.676. The van der Waals surface area contributed by atoms with Gasteiger partial charge in [-0.2, -0.15) is 0 Å². The molecule has 0 spiro atoms. The van der Waals surface area contributed by atoms with Crippen LogP contribution in [0.15, 0.2) is 42.5 Å². The number of nitrogens with one attached hydrogen (secondary N) is 1. The molecule has 6 heteroatoms. The van der Waals surface area contributed by atoms with Crippen molar-refractivity contribution in [2.45, 2.75) is 38.1 Å². The Morgan fingerprint density at radius 2 is 1.89 bits per heavy atom. The van der Waals surface area contributed by atoms with E-state index in [-0.39, 0.29) is 5.82 Å². The lowest BCUT2D eigenvalue weighted by Gasteiger charge is -2.28. The predicted molar refractivity (Wildman–Crippen MR) is 108 cm³/mol. The molecule has 1 heterocycles. The summed E-state index contributed by atoms with van der Waals surface area (Å²) in [7, 11) is 2.04. The molecule has 1 saturated carbocycles. The highest BCUT2D eigenvalue weighted by atomic mass is 19.1. The largest absolute Gasteiger partial charge is 0.370 e. The van der Waals surface area contributed by atoms with Gasteiger partial charge < -0.3 is 15.1 Å². The molecule has 1 aliphatic carbocycles. The average Bonchev–Trinajstić information content (AvgIpc) is 3.37. The van der Waals surface area contributed by atoms with E-state index in [2.05, 4.69) is 10.2 Å². The number of nitrogens with zero attached hydrogens (tertiary/aromatic N) is 2. The summed E-state index contributed by atoms with van der Waals surface area (Å²) >= 11 is 0. The minimum absolute atomic E-state index is 0.332. The maximum absolute atomic E-state index is 13.4. The molecule has 4 rings (SSSR count). The van der Waals surface area contributed by atoms with E-state index in [1.807, 2.05) is 31.3 Å². The van der Waals surface area contributed by atoms with E-state index in [9.17, 15) is 14.0 Å². The summed E-state index contributed by atoms with van der Waals surface area (Å²) in [5.41, 5.74) is 2.91. The van der Waals surface area contributed by atoms with Crippen LogP contribution in [0.5, 0.6) is 0 Å². The van der Waals surface area contributed by atoms with Crippen LogP contribution in [-0.4, -0.2) is 31.4 Å². The maximum atomic E-state index is 13.4. The van der Waals surface area contributed by atoms with Crippen molar-refractivity contribution in [1.29, 1.82) is 0 Å². The number of carbonyl (C=O) groups is 2. The third kappa shape index (κ3) is 3.46. The number of hydrogen-bond acceptors (Lipinski definition) is 3. The molecule has 2 aliphatic rings. The number of benzene rings is 2. The molecule has 1 aliphatic heterocycles. The lowest BCUT2D eigenvalue weighted by Crippen LogP contribution is -2.39. The second-order valence-corrected chi connectivity index (χ2v) is 7.50. The highest BCUT2D eigenvalue weighted by Gasteiger charge is 2.30. The van der Waals surface area contributed by atoms with Gasteiger partial charge in [0.15, 0.2) is 0 Å². The van der Waals surface area contributed by atoms with Crippen molar-refractivity contribution in [2.75, 3.05) is 28.7 Å². The number of anilines is 3. The van der Waals surface area contributed by atoms with E-state index < -0.39 is 11.8 Å². The van der Waals surface area contributed by atoms with Gasteiger partial charge in [-0.1, -0.05) is 25.0 Å². The molecule has 1 N–H and O–H groups in total. The number of amides is 2. The molecule has 2 amide bonds. The van der Waals surface area contributed by atoms with Crippen molar-refractivity contribution in [3.8, 4) is 0 Å². The average molecular weight is 381 g/mol. The standard InChI is InChI=1S/C22H24FN3O2/c1-25(17-6-2-3-7-17)20-9-5-4-8-18(20)24-21(27)22(28)26-13-12-15-14-16(23)10-11-19(15)26/h4-5,8-11,14,17H,2-3,6-7,12-13H2,1H3,(H,24,27). The molecule has 1 fully saturated rings. The van der Waals surface area contributed by atoms with E-state index in [4.69, 9.17) is 0 Å². The highest BCUT2D eigenvalue weighted by molar-refractivity contribution is 6.44. The van der Waals surface area contributed by atoms with Crippen LogP contribution in [0.3, 0.4) is 0 Å². The summed E-state index contributed by atoms with van der Waals surface area (Å²) < 4.78 is 13.4. The van der Waals surface area contributed by atoms with Crippen molar-refractivity contribution in [2.24, 2.45) is 0 Å². The van der Waals surface area contributed by atoms with Gasteiger partial charge in [-0.25, -0.2) is 4.39 Å². The number of fused-ring (bicyclic) bond motifs is 1. The first-order valence-corrected chi connectivity index (χ1v) is 9.78. The van der Waals surface area contributed by atoms with Gasteiger partial charge in [0, 0.05) is 25.3 Å². The topological polar surface area (TPSA) is 52.7 Å². The van der Waals surface area contributed by atoms with Crippen LogP contribution in [0.4, 0.5) is 21.5 Å². The minimum Gasteiger partial charge on any atom is -0.370 e. The molecule has 0 radical (unpaired) electrons. The molecule has 28 heavy (non-hydrogen) atoms. The van der Waals surface area contributed by atoms with Crippen molar-refractivity contribution in [3.63, 3.8) is 0 Å². The summed E-state index contributed by atoms with van der Waals surface area (Å²) in [5, 5.41) is 2.79. The molecule has 0 saturated heterocycles. The number of hydrogen-bond donors (Lipinski definition) is 1. The van der Waals surface area contributed by atoms with Crippen LogP contribution in [-0.2, 0) is 16.0 Å². The third-order valence-corrected chi connectivity index (χ3v) is 5.78. The molecular formula is C22H24FN3O2. The summed E-state index contributed by atoms with van der Waals surface area (Å²) in [5.74, 6) is -1.63. The van der Waals surface area contributed by atoms with Gasteiger partial charge in [0.2, 0.25) is 0 Å². The number of para-hydroxylation sites is 2. The second-order valence-electron chi connectivity index (χ2n) is 7.50. The van der Waals surface area contributed by atoms with E-state index >= 15 is 0 Å². The Bertz CT molecular complexity index is 908. The van der Waals surface area contributed by atoms with Gasteiger partial charge in [0.1, 0.15) is 5.82 Å². The van der Waals surface area contributed by atoms with Gasteiger partial charge in [-0.15, -0.1) is 0 Å². The fourth-order valence-electron chi connectivity index (χ4n) is 4.25. The van der Waals surface area contributed by atoms with Crippen LogP contribution in [0.1, 0.15) is 31.2 Å². The Morgan fingerprint density at radius 3 is 2.68 bits per heavy atom. The highest BCUT2D eigenvalue weighted by Crippen LogP contribution is 2.32. The van der Waals surface area contributed by atoms with Crippen molar-refractivity contribution >= 4 is 28.9 Å². The summed E-state index contributed by atoms with van der Waals surface area (Å²) in [6.07, 6.45) is 5.26. The predicted octanol–water partition coefficient (Wildman–Crippen LogP) is 3.73. The van der Waals surface area contributed by atoms with Crippen molar-refractivity contribution in [1.82, 2.24) is 0 Å². The van der Waals surface area contributed by atoms with E-state index in [0.717, 1.165) is 24.1 Å². The molecule has 0 aromatic heterocycles. The Morgan fingerprint density at radius 1 is 1.14 bits per heavy atom. The molecule has 2 aromatic rings. The molecule has 0 unspecified atom stereocenters. The first kappa shape index (κ1) is 18.5. The van der Waals surface area contributed by atoms with E-state index in [1.165, 1.54) is 29.9 Å². The van der Waals surface area contributed by atoms with E-state index in [0.29, 0.717) is 30.4 Å². The quantitative estimate of drug-likeness (QED) is 0.825. The molecule has 2 aromatic carbocycles. The van der Waals surface area contributed by atoms with Crippen LogP contribution in [0, 0.1) is 5.82 Å². The lowest BCUT2D eigenvalue weighted by atomic mass is 10.1. The number of carbonyl (C=O) groups excluding carboxylic acids is 2. The van der Waals surface area contributed by atoms with Gasteiger partial charge in [0.25, 0.3) is 0 Å². The Labute approximate surface area is 164 Å². The summed E-state index contributed by atoms with van der Waals surface area (Å²) in [6.45, 7) is 0.384. The van der Waals surface area contributed by atoms with Crippen molar-refractivity contribution < 1.29 is 14.0 Å². The zero-order chi connectivity index (χ0) is 19.7. The van der Waals surface area contributed by atoms with Crippen molar-refractivity contribution in [3.05, 3.63) is 53.8 Å². The SMILES string of the molecule is CN(c1ccccc1NC(=O)C(=O)N1CCc2cc(F)ccc21)C1CCCC1. The normalized spacial score (nSPS) is 16.1. The van der Waals surface area contributed by atoms with Gasteiger partial charge in [-0.05, 0) is 55.2 Å². The zero-order valence-corrected chi connectivity index (χ0v) is 16.0. The molecule has 146 valence electrons. The van der Waals surface area contributed by atoms with Crippen LogP contribution < -0.4 is 15.1 Å². The Hall–Kier alpha value is -2.89. The maximum Gasteiger partial charge on any atom is 0.316 e. The fraction of sp³-hybridized carbons (Fsp3) is 0.364. The first-order valence-electron chi connectivity index (χ1n) is 9.78. The number of rotatable bonds is 3. The molecular weight excluding hydrogens is 357 g/mol. The van der Waals surface area contributed by atoms with Crippen LogP contribution in [0.25, 0.3) is 0 Å². The van der Waals surface area contributed by atoms with Crippen LogP contribution >= 0.6 is 0 Å².